The first-order valence-corrected chi connectivity index (χ1v) is 8.01. The highest BCUT2D eigenvalue weighted by atomic mass is 79.9. The molecule has 2 atom stereocenters. The Kier molecular flexibility index (Phi) is 3.48. The van der Waals surface area contributed by atoms with Gasteiger partial charge in [-0.3, -0.25) is 10.1 Å². The summed E-state index contributed by atoms with van der Waals surface area (Å²) >= 11 is 3.77. The molecule has 1 spiro atoms. The first kappa shape index (κ1) is 13.9. The molecule has 0 bridgehead atoms. The number of nitro groups is 1. The van der Waals surface area contributed by atoms with E-state index in [1.54, 1.807) is 13.0 Å². The van der Waals surface area contributed by atoms with Crippen molar-refractivity contribution in [3.05, 3.63) is 33.9 Å². The van der Waals surface area contributed by atoms with Crippen molar-refractivity contribution in [1.82, 2.24) is 0 Å². The van der Waals surface area contributed by atoms with Gasteiger partial charge in [-0.15, -0.1) is 0 Å². The maximum absolute atomic E-state index is 11.0. The van der Waals surface area contributed by atoms with Crippen molar-refractivity contribution in [1.29, 1.82) is 0 Å². The van der Waals surface area contributed by atoms with E-state index in [0.717, 1.165) is 6.42 Å². The topological polar surface area (TPSA) is 52.4 Å². The van der Waals surface area contributed by atoms with Crippen LogP contribution >= 0.6 is 15.9 Å². The fourth-order valence-corrected chi connectivity index (χ4v) is 4.71. The molecule has 0 aromatic heterocycles. The Balaban J connectivity index is 1.82. The van der Waals surface area contributed by atoms with E-state index in [9.17, 15) is 10.1 Å². The van der Waals surface area contributed by atoms with Crippen molar-refractivity contribution < 1.29 is 9.66 Å². The number of nitro benzene ring substituents is 1. The Labute approximate surface area is 126 Å². The second kappa shape index (κ2) is 5.02. The average Bonchev–Trinajstić information content (AvgIpc) is 2.92. The van der Waals surface area contributed by atoms with Gasteiger partial charge in [0.05, 0.1) is 10.5 Å². The molecular weight excluding hydrogens is 322 g/mol. The van der Waals surface area contributed by atoms with Crippen LogP contribution in [-0.2, 0) is 0 Å². The molecule has 1 aromatic carbocycles. The summed E-state index contributed by atoms with van der Waals surface area (Å²) in [5.74, 6) is 0.662. The number of halogens is 1. The fraction of sp³-hybridized carbons (Fsp3) is 0.600. The molecule has 2 saturated carbocycles. The maximum Gasteiger partial charge on any atom is 0.276 e. The number of alkyl halides is 1. The van der Waals surface area contributed by atoms with E-state index in [0.29, 0.717) is 16.1 Å². The Morgan fingerprint density at radius 2 is 2.10 bits per heavy atom. The number of benzene rings is 1. The van der Waals surface area contributed by atoms with Gasteiger partial charge in [0.25, 0.3) is 5.69 Å². The summed E-state index contributed by atoms with van der Waals surface area (Å²) in [4.78, 5) is 11.2. The Morgan fingerprint density at radius 1 is 1.40 bits per heavy atom. The van der Waals surface area contributed by atoms with Crippen LogP contribution < -0.4 is 4.74 Å². The van der Waals surface area contributed by atoms with Gasteiger partial charge in [0.1, 0.15) is 11.9 Å². The van der Waals surface area contributed by atoms with Crippen molar-refractivity contribution >= 4 is 21.6 Å². The normalized spacial score (nSPS) is 27.3. The standard InChI is InChI=1S/C15H18BrNO3/c1-10-11(17(18)19)5-4-6-12(10)20-14-9-13(16)15(14)7-2-3-8-15/h4-6,13-14H,2-3,7-9H2,1H3. The molecule has 0 heterocycles. The molecule has 0 amide bonds. The summed E-state index contributed by atoms with van der Waals surface area (Å²) < 4.78 is 6.15. The largest absolute Gasteiger partial charge is 0.489 e. The minimum Gasteiger partial charge on any atom is -0.489 e. The van der Waals surface area contributed by atoms with Crippen LogP contribution in [0.1, 0.15) is 37.7 Å². The van der Waals surface area contributed by atoms with Gasteiger partial charge in [-0.05, 0) is 32.3 Å². The van der Waals surface area contributed by atoms with Gasteiger partial charge in [-0.2, -0.15) is 0 Å². The third-order valence-electron chi connectivity index (χ3n) is 4.94. The van der Waals surface area contributed by atoms with Gasteiger partial charge < -0.3 is 4.74 Å². The van der Waals surface area contributed by atoms with Crippen LogP contribution in [0.4, 0.5) is 5.69 Å². The third-order valence-corrected chi connectivity index (χ3v) is 6.23. The van der Waals surface area contributed by atoms with Crippen molar-refractivity contribution in [3.8, 4) is 5.75 Å². The third kappa shape index (κ3) is 2.03. The average molecular weight is 340 g/mol. The minimum absolute atomic E-state index is 0.137. The van der Waals surface area contributed by atoms with Crippen LogP contribution in [-0.4, -0.2) is 15.9 Å². The summed E-state index contributed by atoms with van der Waals surface area (Å²) in [5.41, 5.74) is 1.01. The van der Waals surface area contributed by atoms with Gasteiger partial charge in [0, 0.05) is 16.3 Å². The van der Waals surface area contributed by atoms with Crippen molar-refractivity contribution in [2.45, 2.75) is 50.0 Å². The fourth-order valence-electron chi connectivity index (χ4n) is 3.61. The van der Waals surface area contributed by atoms with E-state index in [-0.39, 0.29) is 22.1 Å². The summed E-state index contributed by atoms with van der Waals surface area (Å²) in [7, 11) is 0. The lowest BCUT2D eigenvalue weighted by atomic mass is 9.64. The molecule has 3 rings (SSSR count). The van der Waals surface area contributed by atoms with E-state index >= 15 is 0 Å². The molecule has 2 unspecified atom stereocenters. The minimum atomic E-state index is -0.346. The Morgan fingerprint density at radius 3 is 2.70 bits per heavy atom. The van der Waals surface area contributed by atoms with Crippen molar-refractivity contribution in [2.24, 2.45) is 5.41 Å². The lowest BCUT2D eigenvalue weighted by Crippen LogP contribution is -2.55. The van der Waals surface area contributed by atoms with Crippen LogP contribution in [0.15, 0.2) is 18.2 Å². The zero-order chi connectivity index (χ0) is 14.3. The second-order valence-corrected chi connectivity index (χ2v) is 7.01. The van der Waals surface area contributed by atoms with Crippen LogP contribution in [0, 0.1) is 22.5 Å². The molecule has 4 nitrogen and oxygen atoms in total. The van der Waals surface area contributed by atoms with E-state index in [1.165, 1.54) is 31.7 Å². The molecule has 0 N–H and O–H groups in total. The van der Waals surface area contributed by atoms with E-state index in [2.05, 4.69) is 15.9 Å². The molecule has 0 radical (unpaired) electrons. The molecule has 20 heavy (non-hydrogen) atoms. The van der Waals surface area contributed by atoms with E-state index in [1.807, 2.05) is 6.07 Å². The second-order valence-electron chi connectivity index (χ2n) is 5.91. The molecule has 2 aliphatic carbocycles. The van der Waals surface area contributed by atoms with Crippen molar-refractivity contribution in [3.63, 3.8) is 0 Å². The summed E-state index contributed by atoms with van der Waals surface area (Å²) in [6, 6.07) is 5.07. The van der Waals surface area contributed by atoms with Gasteiger partial charge >= 0.3 is 0 Å². The molecule has 2 aliphatic rings. The number of nitrogens with zero attached hydrogens (tertiary/aromatic N) is 1. The number of hydrogen-bond acceptors (Lipinski definition) is 3. The van der Waals surface area contributed by atoms with E-state index < -0.39 is 0 Å². The number of rotatable bonds is 3. The lowest BCUT2D eigenvalue weighted by molar-refractivity contribution is -0.385. The van der Waals surface area contributed by atoms with E-state index in [4.69, 9.17) is 4.74 Å². The van der Waals surface area contributed by atoms with Crippen LogP contribution in [0.3, 0.4) is 0 Å². The first-order chi connectivity index (χ1) is 9.54. The molecule has 1 aromatic rings. The SMILES string of the molecule is Cc1c(OC2CC(Br)C23CCCC3)cccc1[N+](=O)[O-]. The van der Waals surface area contributed by atoms with Gasteiger partial charge in [-0.1, -0.05) is 34.8 Å². The predicted molar refractivity (Wildman–Crippen MR) is 80.5 cm³/mol. The zero-order valence-corrected chi connectivity index (χ0v) is 13.1. The maximum atomic E-state index is 11.0. The molecular formula is C15H18BrNO3. The quantitative estimate of drug-likeness (QED) is 0.466. The smallest absolute Gasteiger partial charge is 0.276 e. The number of ether oxygens (including phenoxy) is 1. The zero-order valence-electron chi connectivity index (χ0n) is 11.5. The molecule has 0 aliphatic heterocycles. The summed E-state index contributed by atoms with van der Waals surface area (Å²) in [6.07, 6.45) is 6.09. The Bertz CT molecular complexity index is 540. The van der Waals surface area contributed by atoms with Crippen LogP contribution in [0.5, 0.6) is 5.75 Å². The van der Waals surface area contributed by atoms with Crippen LogP contribution in [0.25, 0.3) is 0 Å². The highest BCUT2D eigenvalue weighted by Gasteiger charge is 2.56. The lowest BCUT2D eigenvalue weighted by Gasteiger charge is -2.51. The molecule has 108 valence electrons. The highest BCUT2D eigenvalue weighted by Crippen LogP contribution is 2.57. The monoisotopic (exact) mass is 339 g/mol. The first-order valence-electron chi connectivity index (χ1n) is 7.09. The summed E-state index contributed by atoms with van der Waals surface area (Å²) in [5, 5.41) is 11.0. The van der Waals surface area contributed by atoms with Gasteiger partial charge in [-0.25, -0.2) is 0 Å². The van der Waals surface area contributed by atoms with Crippen LogP contribution in [0.2, 0.25) is 0 Å². The molecule has 5 heteroatoms. The predicted octanol–water partition coefficient (Wildman–Crippen LogP) is 4.38. The van der Waals surface area contributed by atoms with Gasteiger partial charge in [0.15, 0.2) is 0 Å². The number of hydrogen-bond donors (Lipinski definition) is 0. The Hall–Kier alpha value is -1.10. The highest BCUT2D eigenvalue weighted by molar-refractivity contribution is 9.09. The summed E-state index contributed by atoms with van der Waals surface area (Å²) in [6.45, 7) is 1.76. The molecule has 0 saturated heterocycles. The van der Waals surface area contributed by atoms with Crippen molar-refractivity contribution in [2.75, 3.05) is 0 Å². The van der Waals surface area contributed by atoms with Gasteiger partial charge in [0.2, 0.25) is 0 Å². The molecule has 2 fully saturated rings.